The molecule has 75 heavy (non-hydrogen) atoms. The molecule has 6 nitrogen and oxygen atoms in total. The molecule has 0 spiro atoms. The molecular weight excluding hydrogens is 923 g/mol. The van der Waals surface area contributed by atoms with Crippen molar-refractivity contribution < 1.29 is 24.5 Å². The summed E-state index contributed by atoms with van der Waals surface area (Å²) in [5.41, 5.74) is 0. The van der Waals surface area contributed by atoms with Crippen LogP contribution in [-0.2, 0) is 14.3 Å². The molecule has 0 bridgehead atoms. The molecule has 2 unspecified atom stereocenters. The van der Waals surface area contributed by atoms with E-state index >= 15 is 0 Å². The Balaban J connectivity index is 3.43. The van der Waals surface area contributed by atoms with Gasteiger partial charge in [-0.2, -0.15) is 0 Å². The van der Waals surface area contributed by atoms with Crippen LogP contribution in [0.15, 0.2) is 48.6 Å². The Kier molecular flexibility index (Phi) is 62.5. The van der Waals surface area contributed by atoms with Gasteiger partial charge in [-0.15, -0.1) is 0 Å². The first-order valence-electron chi connectivity index (χ1n) is 33.4. The molecule has 0 aromatic heterocycles. The van der Waals surface area contributed by atoms with E-state index in [0.29, 0.717) is 19.4 Å². The molecule has 0 saturated heterocycles. The van der Waals surface area contributed by atoms with Crippen molar-refractivity contribution in [3.63, 3.8) is 0 Å². The molecule has 440 valence electrons. The van der Waals surface area contributed by atoms with Gasteiger partial charge < -0.3 is 20.3 Å². The third-order valence-electron chi connectivity index (χ3n) is 15.3. The van der Waals surface area contributed by atoms with E-state index in [1.165, 1.54) is 276 Å². The van der Waals surface area contributed by atoms with Gasteiger partial charge in [-0.3, -0.25) is 9.59 Å². The number of esters is 1. The molecule has 1 amide bonds. The molecule has 0 saturated carbocycles. The van der Waals surface area contributed by atoms with Crippen molar-refractivity contribution >= 4 is 11.9 Å². The predicted molar refractivity (Wildman–Crippen MR) is 329 cm³/mol. The summed E-state index contributed by atoms with van der Waals surface area (Å²) in [4.78, 5) is 24.5. The van der Waals surface area contributed by atoms with Gasteiger partial charge in [0.15, 0.2) is 0 Å². The van der Waals surface area contributed by atoms with Gasteiger partial charge in [-0.05, 0) is 89.9 Å². The fourth-order valence-electron chi connectivity index (χ4n) is 10.2. The maximum Gasteiger partial charge on any atom is 0.305 e. The lowest BCUT2D eigenvalue weighted by Gasteiger charge is -2.20. The van der Waals surface area contributed by atoms with Gasteiger partial charge in [-0.1, -0.05) is 300 Å². The van der Waals surface area contributed by atoms with Crippen LogP contribution >= 0.6 is 0 Å². The monoisotopic (exact) mass is 1050 g/mol. The van der Waals surface area contributed by atoms with Crippen LogP contribution < -0.4 is 5.32 Å². The molecule has 0 fully saturated rings. The first-order valence-corrected chi connectivity index (χ1v) is 33.4. The molecule has 0 aliphatic rings. The standard InChI is InChI=1S/C69H129NO5/c1-3-5-7-9-11-13-15-17-34-37-41-45-49-53-57-61-67(72)66(65-71)70-68(73)62-58-54-50-46-42-38-35-32-30-28-26-24-22-20-19-21-23-25-27-29-31-33-36-40-44-48-52-56-60-64-75-69(74)63-59-55-51-47-43-39-18-16-14-12-10-8-6-4-2/h16,18-19,21,25,27,57,61,66-67,71-72H,3-15,17,20,22-24,26,28-56,58-60,62-65H2,1-2H3,(H,70,73)/b18-16-,21-19-,27-25-,61-57+. The number of carbonyl (C=O) groups is 2. The van der Waals surface area contributed by atoms with Crippen molar-refractivity contribution in [1.29, 1.82) is 0 Å². The second-order valence-corrected chi connectivity index (χ2v) is 22.8. The van der Waals surface area contributed by atoms with Gasteiger partial charge in [0.1, 0.15) is 0 Å². The molecule has 2 atom stereocenters. The number of rotatable bonds is 62. The smallest absolute Gasteiger partial charge is 0.305 e. The fourth-order valence-corrected chi connectivity index (χ4v) is 10.2. The van der Waals surface area contributed by atoms with Crippen LogP contribution in [0.2, 0.25) is 0 Å². The molecule has 0 aromatic carbocycles. The normalized spacial score (nSPS) is 12.9. The van der Waals surface area contributed by atoms with Crippen molar-refractivity contribution in [3.8, 4) is 0 Å². The second-order valence-electron chi connectivity index (χ2n) is 22.8. The number of nitrogens with one attached hydrogen (secondary N) is 1. The average molecular weight is 1050 g/mol. The number of hydrogen-bond donors (Lipinski definition) is 3. The number of aliphatic hydroxyl groups is 2. The third kappa shape index (κ3) is 60.9. The van der Waals surface area contributed by atoms with E-state index in [1.807, 2.05) is 6.08 Å². The van der Waals surface area contributed by atoms with Crippen LogP contribution in [0.4, 0.5) is 0 Å². The molecule has 0 aliphatic carbocycles. The molecule has 6 heteroatoms. The first-order chi connectivity index (χ1) is 37.0. The Morgan fingerprint density at radius 1 is 0.373 bits per heavy atom. The minimum absolute atomic E-state index is 0.00299. The summed E-state index contributed by atoms with van der Waals surface area (Å²) in [5, 5.41) is 23.1. The highest BCUT2D eigenvalue weighted by atomic mass is 16.5. The molecule has 0 radical (unpaired) electrons. The topological polar surface area (TPSA) is 95.9 Å². The summed E-state index contributed by atoms with van der Waals surface area (Å²) in [6.07, 6.45) is 83.2. The zero-order valence-corrected chi connectivity index (χ0v) is 50.3. The van der Waals surface area contributed by atoms with Crippen LogP contribution in [0.25, 0.3) is 0 Å². The van der Waals surface area contributed by atoms with Crippen molar-refractivity contribution in [1.82, 2.24) is 5.32 Å². The van der Waals surface area contributed by atoms with Crippen LogP contribution in [0.5, 0.6) is 0 Å². The summed E-state index contributed by atoms with van der Waals surface area (Å²) in [5.74, 6) is -0.0648. The summed E-state index contributed by atoms with van der Waals surface area (Å²) in [6.45, 7) is 4.90. The largest absolute Gasteiger partial charge is 0.466 e. The average Bonchev–Trinajstić information content (AvgIpc) is 3.41. The lowest BCUT2D eigenvalue weighted by Crippen LogP contribution is -2.45. The number of hydrogen-bond acceptors (Lipinski definition) is 5. The van der Waals surface area contributed by atoms with Gasteiger partial charge in [0.05, 0.1) is 25.4 Å². The molecule has 0 aromatic rings. The Bertz CT molecular complexity index is 1260. The van der Waals surface area contributed by atoms with E-state index in [4.69, 9.17) is 4.74 Å². The molecule has 0 rings (SSSR count). The quantitative estimate of drug-likeness (QED) is 0.0320. The highest BCUT2D eigenvalue weighted by Gasteiger charge is 2.18. The number of ether oxygens (including phenoxy) is 1. The third-order valence-corrected chi connectivity index (χ3v) is 15.3. The first kappa shape index (κ1) is 72.8. The fraction of sp³-hybridized carbons (Fsp3) is 0.855. The van der Waals surface area contributed by atoms with Gasteiger partial charge in [0, 0.05) is 12.8 Å². The minimum atomic E-state index is -0.845. The Morgan fingerprint density at radius 2 is 0.667 bits per heavy atom. The predicted octanol–water partition coefficient (Wildman–Crippen LogP) is 21.3. The second kappa shape index (κ2) is 64.3. The van der Waals surface area contributed by atoms with Gasteiger partial charge in [0.25, 0.3) is 0 Å². The van der Waals surface area contributed by atoms with Gasteiger partial charge >= 0.3 is 5.97 Å². The molecule has 3 N–H and O–H groups in total. The Morgan fingerprint density at radius 3 is 1.03 bits per heavy atom. The highest BCUT2D eigenvalue weighted by molar-refractivity contribution is 5.76. The molecule has 0 heterocycles. The highest BCUT2D eigenvalue weighted by Crippen LogP contribution is 2.17. The van der Waals surface area contributed by atoms with Gasteiger partial charge in [0.2, 0.25) is 5.91 Å². The van der Waals surface area contributed by atoms with Crippen LogP contribution in [0.3, 0.4) is 0 Å². The van der Waals surface area contributed by atoms with Gasteiger partial charge in [-0.25, -0.2) is 0 Å². The minimum Gasteiger partial charge on any atom is -0.466 e. The summed E-state index contributed by atoms with van der Waals surface area (Å²) in [7, 11) is 0. The maximum absolute atomic E-state index is 12.5. The zero-order valence-electron chi connectivity index (χ0n) is 50.3. The lowest BCUT2D eigenvalue weighted by atomic mass is 10.0. The molecular formula is C69H129NO5. The van der Waals surface area contributed by atoms with E-state index in [0.717, 1.165) is 51.4 Å². The summed E-state index contributed by atoms with van der Waals surface area (Å²) in [6, 6.07) is -0.629. The number of allylic oxidation sites excluding steroid dienone is 7. The van der Waals surface area contributed by atoms with Crippen molar-refractivity contribution in [2.45, 2.75) is 366 Å². The van der Waals surface area contributed by atoms with E-state index in [9.17, 15) is 19.8 Å². The van der Waals surface area contributed by atoms with E-state index in [2.05, 4.69) is 55.6 Å². The van der Waals surface area contributed by atoms with E-state index in [1.54, 1.807) is 6.08 Å². The summed E-state index contributed by atoms with van der Waals surface area (Å²) >= 11 is 0. The van der Waals surface area contributed by atoms with Crippen LogP contribution in [0, 0.1) is 0 Å². The van der Waals surface area contributed by atoms with Crippen molar-refractivity contribution in [3.05, 3.63) is 48.6 Å². The van der Waals surface area contributed by atoms with Crippen molar-refractivity contribution in [2.75, 3.05) is 13.2 Å². The number of amides is 1. The van der Waals surface area contributed by atoms with E-state index in [-0.39, 0.29) is 18.5 Å². The summed E-state index contributed by atoms with van der Waals surface area (Å²) < 4.78 is 5.48. The Labute approximate surface area is 467 Å². The maximum atomic E-state index is 12.5. The Hall–Kier alpha value is -2.18. The number of carbonyl (C=O) groups excluding carboxylic acids is 2. The SMILES string of the molecule is CCCCCCC/C=C\CCCCCCCC(=O)OCCCCCCCCCCC/C=C\C/C=C\CCCCCCCCCCCCCCCC(=O)NC(CO)C(O)/C=C/CCCCCCCCCCCCCCC. The zero-order chi connectivity index (χ0) is 54.3. The number of unbranched alkanes of at least 4 members (excludes halogenated alkanes) is 45. The van der Waals surface area contributed by atoms with Crippen LogP contribution in [-0.4, -0.2) is 47.4 Å². The number of aliphatic hydroxyl groups excluding tert-OH is 2. The van der Waals surface area contributed by atoms with E-state index < -0.39 is 12.1 Å². The van der Waals surface area contributed by atoms with Crippen LogP contribution in [0.1, 0.15) is 354 Å². The van der Waals surface area contributed by atoms with Crippen molar-refractivity contribution in [2.24, 2.45) is 0 Å². The lowest BCUT2D eigenvalue weighted by molar-refractivity contribution is -0.143. The molecule has 0 aliphatic heterocycles.